The molecule has 1 aliphatic heterocycles. The van der Waals surface area contributed by atoms with Crippen molar-refractivity contribution in [3.05, 3.63) is 41.2 Å². The number of aromatic nitrogens is 3. The van der Waals surface area contributed by atoms with Crippen LogP contribution in [0.1, 0.15) is 17.2 Å². The first-order valence-corrected chi connectivity index (χ1v) is 7.20. The highest BCUT2D eigenvalue weighted by Crippen LogP contribution is 2.22. The van der Waals surface area contributed by atoms with E-state index in [1.54, 1.807) is 6.07 Å². The average molecular weight is 300 g/mol. The topological polar surface area (TPSA) is 71.8 Å². The number of nitrogens with zero attached hydrogens (tertiary/aromatic N) is 5. The fourth-order valence-corrected chi connectivity index (χ4v) is 2.68. The number of rotatable bonds is 3. The van der Waals surface area contributed by atoms with E-state index >= 15 is 0 Å². The summed E-state index contributed by atoms with van der Waals surface area (Å²) in [7, 11) is 0. The summed E-state index contributed by atoms with van der Waals surface area (Å²) in [5.74, 6) is 1.24. The number of anilines is 1. The minimum atomic E-state index is -0.376. The van der Waals surface area contributed by atoms with Crippen LogP contribution in [0.25, 0.3) is 0 Å². The fourth-order valence-electron chi connectivity index (χ4n) is 2.68. The van der Waals surface area contributed by atoms with E-state index in [4.69, 9.17) is 5.26 Å². The van der Waals surface area contributed by atoms with Gasteiger partial charge in [0.25, 0.3) is 0 Å². The monoisotopic (exact) mass is 300 g/mol. The summed E-state index contributed by atoms with van der Waals surface area (Å²) >= 11 is 0. The standard InChI is InChI=1S/C15H17FN6/c1-11-18-15(20-19-11)10-21-4-6-22(7-5-21)14-3-2-13(16)8-12(14)9-17/h2-3,8H,4-7,10H2,1H3,(H,18,19,20). The SMILES string of the molecule is Cc1nc(CN2CCN(c3ccc(F)cc3C#N)CC2)n[nH]1. The first-order chi connectivity index (χ1) is 10.7. The molecule has 2 heterocycles. The van der Waals surface area contributed by atoms with Crippen molar-refractivity contribution in [2.45, 2.75) is 13.5 Å². The van der Waals surface area contributed by atoms with Crippen molar-refractivity contribution in [3.63, 3.8) is 0 Å². The van der Waals surface area contributed by atoms with Crippen LogP contribution in [0.5, 0.6) is 0 Å². The Hall–Kier alpha value is -2.46. The third-order valence-corrected chi connectivity index (χ3v) is 3.80. The second-order valence-corrected chi connectivity index (χ2v) is 5.37. The Labute approximate surface area is 128 Å². The Balaban J connectivity index is 1.63. The van der Waals surface area contributed by atoms with E-state index < -0.39 is 0 Å². The maximum atomic E-state index is 13.2. The van der Waals surface area contributed by atoms with Gasteiger partial charge in [0.15, 0.2) is 5.82 Å². The highest BCUT2D eigenvalue weighted by Gasteiger charge is 2.20. The van der Waals surface area contributed by atoms with E-state index in [0.29, 0.717) is 12.1 Å². The van der Waals surface area contributed by atoms with Crippen molar-refractivity contribution in [3.8, 4) is 6.07 Å². The summed E-state index contributed by atoms with van der Waals surface area (Å²) in [4.78, 5) is 8.71. The largest absolute Gasteiger partial charge is 0.368 e. The molecule has 1 fully saturated rings. The molecule has 22 heavy (non-hydrogen) atoms. The molecule has 0 saturated carbocycles. The summed E-state index contributed by atoms with van der Waals surface area (Å²) in [6, 6.07) is 6.44. The third-order valence-electron chi connectivity index (χ3n) is 3.80. The summed E-state index contributed by atoms with van der Waals surface area (Å²) in [6.07, 6.45) is 0. The van der Waals surface area contributed by atoms with E-state index in [2.05, 4.69) is 31.1 Å². The van der Waals surface area contributed by atoms with E-state index in [-0.39, 0.29) is 5.82 Å². The molecule has 0 spiro atoms. The predicted octanol–water partition coefficient (Wildman–Crippen LogP) is 1.45. The maximum absolute atomic E-state index is 13.2. The van der Waals surface area contributed by atoms with Gasteiger partial charge in [0, 0.05) is 26.2 Å². The van der Waals surface area contributed by atoms with Crippen molar-refractivity contribution < 1.29 is 4.39 Å². The molecule has 3 rings (SSSR count). The zero-order valence-electron chi connectivity index (χ0n) is 12.4. The number of aryl methyl sites for hydroxylation is 1. The number of nitriles is 1. The minimum Gasteiger partial charge on any atom is -0.368 e. The Bertz CT molecular complexity index is 696. The molecule has 0 amide bonds. The van der Waals surface area contributed by atoms with Gasteiger partial charge in [-0.05, 0) is 25.1 Å². The second-order valence-electron chi connectivity index (χ2n) is 5.37. The smallest absolute Gasteiger partial charge is 0.164 e. The lowest BCUT2D eigenvalue weighted by atomic mass is 10.1. The molecule has 1 saturated heterocycles. The second kappa shape index (κ2) is 6.12. The quantitative estimate of drug-likeness (QED) is 0.929. The highest BCUT2D eigenvalue weighted by molar-refractivity contribution is 5.59. The lowest BCUT2D eigenvalue weighted by Gasteiger charge is -2.35. The molecule has 6 nitrogen and oxygen atoms in total. The molecule has 0 unspecified atom stereocenters. The number of hydrogen-bond acceptors (Lipinski definition) is 5. The lowest BCUT2D eigenvalue weighted by Crippen LogP contribution is -2.46. The minimum absolute atomic E-state index is 0.376. The number of nitrogens with one attached hydrogen (secondary N) is 1. The Morgan fingerprint density at radius 3 is 2.73 bits per heavy atom. The first kappa shape index (κ1) is 14.5. The van der Waals surface area contributed by atoms with Crippen LogP contribution in [-0.4, -0.2) is 46.3 Å². The number of hydrogen-bond donors (Lipinski definition) is 1. The number of H-pyrrole nitrogens is 1. The van der Waals surface area contributed by atoms with Gasteiger partial charge in [-0.2, -0.15) is 10.4 Å². The van der Waals surface area contributed by atoms with Crippen LogP contribution in [0.3, 0.4) is 0 Å². The van der Waals surface area contributed by atoms with Gasteiger partial charge in [-0.15, -0.1) is 0 Å². The van der Waals surface area contributed by atoms with Crippen molar-refractivity contribution in [1.29, 1.82) is 5.26 Å². The molecule has 0 aliphatic carbocycles. The molecule has 0 atom stereocenters. The van der Waals surface area contributed by atoms with Gasteiger partial charge in [0.05, 0.1) is 17.8 Å². The van der Waals surface area contributed by atoms with E-state index in [9.17, 15) is 4.39 Å². The molecule has 1 aliphatic rings. The van der Waals surface area contributed by atoms with Crippen molar-refractivity contribution in [2.75, 3.05) is 31.1 Å². The molecule has 2 aromatic rings. The van der Waals surface area contributed by atoms with Gasteiger partial charge in [-0.1, -0.05) is 0 Å². The molecular formula is C15H17FN6. The molecule has 1 aromatic heterocycles. The van der Waals surface area contributed by atoms with E-state index in [0.717, 1.165) is 43.5 Å². The fraction of sp³-hybridized carbons (Fsp3) is 0.400. The average Bonchev–Trinajstić information content (AvgIpc) is 2.93. The van der Waals surface area contributed by atoms with E-state index in [1.165, 1.54) is 12.1 Å². The van der Waals surface area contributed by atoms with Crippen molar-refractivity contribution in [2.24, 2.45) is 0 Å². The van der Waals surface area contributed by atoms with Gasteiger partial charge in [0.2, 0.25) is 0 Å². The van der Waals surface area contributed by atoms with Crippen LogP contribution in [0.4, 0.5) is 10.1 Å². The Morgan fingerprint density at radius 1 is 1.32 bits per heavy atom. The number of aromatic amines is 1. The Morgan fingerprint density at radius 2 is 2.09 bits per heavy atom. The maximum Gasteiger partial charge on any atom is 0.164 e. The summed E-state index contributed by atoms with van der Waals surface area (Å²) in [6.45, 7) is 5.90. The van der Waals surface area contributed by atoms with E-state index in [1.807, 2.05) is 6.92 Å². The number of piperazine rings is 1. The van der Waals surface area contributed by atoms with Crippen LogP contribution in [0.15, 0.2) is 18.2 Å². The van der Waals surface area contributed by atoms with Gasteiger partial charge in [-0.3, -0.25) is 10.00 Å². The molecule has 7 heteroatoms. The lowest BCUT2D eigenvalue weighted by molar-refractivity contribution is 0.244. The van der Waals surface area contributed by atoms with Gasteiger partial charge in [-0.25, -0.2) is 9.37 Å². The molecule has 1 aromatic carbocycles. The molecule has 0 bridgehead atoms. The highest BCUT2D eigenvalue weighted by atomic mass is 19.1. The molecule has 0 radical (unpaired) electrons. The number of benzene rings is 1. The van der Waals surface area contributed by atoms with Gasteiger partial charge in [0.1, 0.15) is 17.7 Å². The summed E-state index contributed by atoms with van der Waals surface area (Å²) in [5.41, 5.74) is 1.19. The molecule has 1 N–H and O–H groups in total. The van der Waals surface area contributed by atoms with Crippen LogP contribution in [0.2, 0.25) is 0 Å². The summed E-state index contributed by atoms with van der Waals surface area (Å²) < 4.78 is 13.2. The van der Waals surface area contributed by atoms with Crippen molar-refractivity contribution in [1.82, 2.24) is 20.1 Å². The zero-order valence-corrected chi connectivity index (χ0v) is 12.4. The zero-order chi connectivity index (χ0) is 15.5. The Kier molecular flexibility index (Phi) is 4.02. The third kappa shape index (κ3) is 3.07. The molecular weight excluding hydrogens is 283 g/mol. The van der Waals surface area contributed by atoms with Crippen LogP contribution < -0.4 is 4.90 Å². The van der Waals surface area contributed by atoms with Crippen LogP contribution in [-0.2, 0) is 6.54 Å². The first-order valence-electron chi connectivity index (χ1n) is 7.20. The normalized spacial score (nSPS) is 15.8. The van der Waals surface area contributed by atoms with Crippen molar-refractivity contribution >= 4 is 5.69 Å². The summed E-state index contributed by atoms with van der Waals surface area (Å²) in [5, 5.41) is 16.1. The molecule has 114 valence electrons. The number of halogens is 1. The van der Waals surface area contributed by atoms with Gasteiger partial charge >= 0.3 is 0 Å². The van der Waals surface area contributed by atoms with Crippen LogP contribution in [0, 0.1) is 24.1 Å². The van der Waals surface area contributed by atoms with Gasteiger partial charge < -0.3 is 4.90 Å². The predicted molar refractivity (Wildman–Crippen MR) is 79.7 cm³/mol. The van der Waals surface area contributed by atoms with Crippen LogP contribution >= 0.6 is 0 Å².